The van der Waals surface area contributed by atoms with Crippen LogP contribution in [-0.4, -0.2) is 40.6 Å². The Morgan fingerprint density at radius 3 is 2.39 bits per heavy atom. The molecule has 1 amide bonds. The predicted octanol–water partition coefficient (Wildman–Crippen LogP) is 3.00. The molecule has 0 aliphatic rings. The number of aryl methyl sites for hydroxylation is 1. The van der Waals surface area contributed by atoms with Gasteiger partial charge in [0.2, 0.25) is 0 Å². The molecule has 0 radical (unpaired) electrons. The zero-order chi connectivity index (χ0) is 16.5. The highest BCUT2D eigenvalue weighted by Gasteiger charge is 2.14. The number of rotatable bonds is 8. The van der Waals surface area contributed by atoms with Gasteiger partial charge in [-0.3, -0.25) is 4.79 Å². The maximum Gasteiger partial charge on any atom is 0.274 e. The molecule has 1 aromatic carbocycles. The Hall–Kier alpha value is -2.43. The molecule has 0 saturated carbocycles. The molecule has 5 heteroatoms. The Balaban J connectivity index is 1.80. The third-order valence-electron chi connectivity index (χ3n) is 3.73. The van der Waals surface area contributed by atoms with Crippen molar-refractivity contribution < 1.29 is 4.79 Å². The summed E-state index contributed by atoms with van der Waals surface area (Å²) in [6.07, 6.45) is 2.05. The number of carbonyl (C=O) groups is 1. The van der Waals surface area contributed by atoms with Crippen LogP contribution in [0.2, 0.25) is 0 Å². The SMILES string of the molecule is CCN(CC)C(=O)c1ccc(NCCCc2ccccc2)nn1. The molecule has 1 N–H and O–H groups in total. The van der Waals surface area contributed by atoms with Gasteiger partial charge in [-0.1, -0.05) is 30.3 Å². The number of anilines is 1. The maximum absolute atomic E-state index is 12.1. The van der Waals surface area contributed by atoms with Gasteiger partial charge in [0.15, 0.2) is 5.69 Å². The first-order valence-corrected chi connectivity index (χ1v) is 8.15. The Morgan fingerprint density at radius 1 is 1.04 bits per heavy atom. The second-order valence-corrected chi connectivity index (χ2v) is 5.30. The third kappa shape index (κ3) is 5.06. The molecule has 1 aromatic heterocycles. The first-order chi connectivity index (χ1) is 11.2. The van der Waals surface area contributed by atoms with E-state index in [9.17, 15) is 4.79 Å². The number of carbonyl (C=O) groups excluding carboxylic acids is 1. The quantitative estimate of drug-likeness (QED) is 0.761. The van der Waals surface area contributed by atoms with Gasteiger partial charge >= 0.3 is 0 Å². The minimum absolute atomic E-state index is 0.0712. The number of aromatic nitrogens is 2. The molecule has 5 nitrogen and oxygen atoms in total. The van der Waals surface area contributed by atoms with Gasteiger partial charge in [0.25, 0.3) is 5.91 Å². The molecule has 0 aliphatic heterocycles. The van der Waals surface area contributed by atoms with Crippen LogP contribution in [0.25, 0.3) is 0 Å². The molecular weight excluding hydrogens is 288 g/mol. The molecule has 0 fully saturated rings. The summed E-state index contributed by atoms with van der Waals surface area (Å²) >= 11 is 0. The fourth-order valence-corrected chi connectivity index (χ4v) is 2.37. The van der Waals surface area contributed by atoms with E-state index in [1.807, 2.05) is 26.0 Å². The fourth-order valence-electron chi connectivity index (χ4n) is 2.37. The summed E-state index contributed by atoms with van der Waals surface area (Å²) in [6.45, 7) is 6.09. The summed E-state index contributed by atoms with van der Waals surface area (Å²) in [5, 5.41) is 11.4. The van der Waals surface area contributed by atoms with Crippen LogP contribution in [0, 0.1) is 0 Å². The summed E-state index contributed by atoms with van der Waals surface area (Å²) in [6, 6.07) is 13.9. The number of hydrogen-bond donors (Lipinski definition) is 1. The van der Waals surface area contributed by atoms with E-state index in [1.165, 1.54) is 5.56 Å². The van der Waals surface area contributed by atoms with Gasteiger partial charge in [-0.05, 0) is 44.4 Å². The molecule has 23 heavy (non-hydrogen) atoms. The van der Waals surface area contributed by atoms with Gasteiger partial charge in [-0.25, -0.2) is 0 Å². The normalized spacial score (nSPS) is 10.3. The Morgan fingerprint density at radius 2 is 1.78 bits per heavy atom. The molecule has 122 valence electrons. The van der Waals surface area contributed by atoms with E-state index >= 15 is 0 Å². The molecule has 0 bridgehead atoms. The molecule has 0 saturated heterocycles. The van der Waals surface area contributed by atoms with Crippen LogP contribution in [-0.2, 0) is 6.42 Å². The van der Waals surface area contributed by atoms with Crippen LogP contribution in [0.5, 0.6) is 0 Å². The Labute approximate surface area is 137 Å². The lowest BCUT2D eigenvalue weighted by Crippen LogP contribution is -2.31. The van der Waals surface area contributed by atoms with Crippen LogP contribution in [0.1, 0.15) is 36.3 Å². The summed E-state index contributed by atoms with van der Waals surface area (Å²) < 4.78 is 0. The lowest BCUT2D eigenvalue weighted by molar-refractivity contribution is 0.0766. The zero-order valence-electron chi connectivity index (χ0n) is 13.8. The molecule has 0 atom stereocenters. The fraction of sp³-hybridized carbons (Fsp3) is 0.389. The second kappa shape index (κ2) is 8.88. The topological polar surface area (TPSA) is 58.1 Å². The molecule has 2 aromatic rings. The number of hydrogen-bond acceptors (Lipinski definition) is 4. The monoisotopic (exact) mass is 312 g/mol. The highest BCUT2D eigenvalue weighted by atomic mass is 16.2. The van der Waals surface area contributed by atoms with Gasteiger partial charge in [-0.2, -0.15) is 0 Å². The smallest absolute Gasteiger partial charge is 0.274 e. The van der Waals surface area contributed by atoms with Crippen molar-refractivity contribution in [1.29, 1.82) is 0 Å². The minimum atomic E-state index is -0.0712. The van der Waals surface area contributed by atoms with Gasteiger partial charge in [0.05, 0.1) is 0 Å². The summed E-state index contributed by atoms with van der Waals surface area (Å²) in [4.78, 5) is 13.9. The summed E-state index contributed by atoms with van der Waals surface area (Å²) in [5.74, 6) is 0.632. The van der Waals surface area contributed by atoms with Crippen molar-refractivity contribution in [3.63, 3.8) is 0 Å². The second-order valence-electron chi connectivity index (χ2n) is 5.30. The number of benzene rings is 1. The summed E-state index contributed by atoms with van der Waals surface area (Å²) in [7, 11) is 0. The van der Waals surface area contributed by atoms with Crippen LogP contribution in [0.3, 0.4) is 0 Å². The van der Waals surface area contributed by atoms with Crippen LogP contribution in [0.15, 0.2) is 42.5 Å². The van der Waals surface area contributed by atoms with Gasteiger partial charge in [0, 0.05) is 19.6 Å². The molecular formula is C18H24N4O. The highest BCUT2D eigenvalue weighted by Crippen LogP contribution is 2.07. The average molecular weight is 312 g/mol. The lowest BCUT2D eigenvalue weighted by atomic mass is 10.1. The van der Waals surface area contributed by atoms with Crippen molar-refractivity contribution in [3.05, 3.63) is 53.7 Å². The van der Waals surface area contributed by atoms with Gasteiger partial charge in [0.1, 0.15) is 5.82 Å². The molecule has 0 spiro atoms. The Kier molecular flexibility index (Phi) is 6.54. The van der Waals surface area contributed by atoms with E-state index in [2.05, 4.69) is 39.8 Å². The summed E-state index contributed by atoms with van der Waals surface area (Å²) in [5.41, 5.74) is 1.73. The molecule has 1 heterocycles. The maximum atomic E-state index is 12.1. The predicted molar refractivity (Wildman–Crippen MR) is 92.5 cm³/mol. The number of amides is 1. The van der Waals surface area contributed by atoms with Crippen molar-refractivity contribution in [2.24, 2.45) is 0 Å². The van der Waals surface area contributed by atoms with Crippen molar-refractivity contribution >= 4 is 11.7 Å². The first kappa shape index (κ1) is 16.9. The molecule has 0 aliphatic carbocycles. The van der Waals surface area contributed by atoms with E-state index in [0.29, 0.717) is 24.6 Å². The minimum Gasteiger partial charge on any atom is -0.369 e. The van der Waals surface area contributed by atoms with Crippen LogP contribution < -0.4 is 5.32 Å². The van der Waals surface area contributed by atoms with E-state index in [1.54, 1.807) is 11.0 Å². The van der Waals surface area contributed by atoms with Crippen LogP contribution >= 0.6 is 0 Å². The number of nitrogens with one attached hydrogen (secondary N) is 1. The van der Waals surface area contributed by atoms with Crippen molar-refractivity contribution in [2.45, 2.75) is 26.7 Å². The van der Waals surface area contributed by atoms with E-state index in [0.717, 1.165) is 19.4 Å². The van der Waals surface area contributed by atoms with E-state index in [-0.39, 0.29) is 5.91 Å². The zero-order valence-corrected chi connectivity index (χ0v) is 13.8. The highest BCUT2D eigenvalue weighted by molar-refractivity contribution is 5.92. The van der Waals surface area contributed by atoms with E-state index in [4.69, 9.17) is 0 Å². The average Bonchev–Trinajstić information content (AvgIpc) is 2.61. The standard InChI is InChI=1S/C18H24N4O/c1-3-22(4-2)18(23)16-12-13-17(21-20-16)19-14-8-11-15-9-6-5-7-10-15/h5-7,9-10,12-13H,3-4,8,11,14H2,1-2H3,(H,19,21). The molecule has 0 unspecified atom stereocenters. The first-order valence-electron chi connectivity index (χ1n) is 8.15. The van der Waals surface area contributed by atoms with Crippen molar-refractivity contribution in [2.75, 3.05) is 25.0 Å². The molecule has 2 rings (SSSR count). The lowest BCUT2D eigenvalue weighted by Gasteiger charge is -2.17. The van der Waals surface area contributed by atoms with Crippen molar-refractivity contribution in [3.8, 4) is 0 Å². The van der Waals surface area contributed by atoms with Gasteiger partial charge < -0.3 is 10.2 Å². The van der Waals surface area contributed by atoms with E-state index < -0.39 is 0 Å². The Bertz CT molecular complexity index is 594. The number of nitrogens with zero attached hydrogens (tertiary/aromatic N) is 3. The van der Waals surface area contributed by atoms with Gasteiger partial charge in [-0.15, -0.1) is 10.2 Å². The van der Waals surface area contributed by atoms with Crippen LogP contribution in [0.4, 0.5) is 5.82 Å². The largest absolute Gasteiger partial charge is 0.369 e. The third-order valence-corrected chi connectivity index (χ3v) is 3.73. The van der Waals surface area contributed by atoms with Crippen molar-refractivity contribution in [1.82, 2.24) is 15.1 Å².